The molecule has 15 heteroatoms. The number of carbonyl (C=O) groups is 4. The summed E-state index contributed by atoms with van der Waals surface area (Å²) < 4.78 is 15.2. The maximum absolute atomic E-state index is 14.0. The van der Waals surface area contributed by atoms with Crippen molar-refractivity contribution in [2.24, 2.45) is 16.8 Å². The van der Waals surface area contributed by atoms with Crippen molar-refractivity contribution in [3.63, 3.8) is 0 Å². The Morgan fingerprint density at radius 2 is 1.39 bits per heavy atom. The van der Waals surface area contributed by atoms with E-state index in [0.29, 0.717) is 45.7 Å². The fourth-order valence-corrected chi connectivity index (χ4v) is 9.31. The molecule has 8 rings (SSSR count). The van der Waals surface area contributed by atoms with Crippen molar-refractivity contribution in [2.45, 2.75) is 82.6 Å². The molecule has 0 spiro atoms. The lowest BCUT2D eigenvalue weighted by atomic mass is 9.90. The van der Waals surface area contributed by atoms with Gasteiger partial charge in [0.25, 0.3) is 0 Å². The lowest BCUT2D eigenvalue weighted by Gasteiger charge is -2.34. The van der Waals surface area contributed by atoms with Crippen LogP contribution in [-0.4, -0.2) is 115 Å². The van der Waals surface area contributed by atoms with Gasteiger partial charge in [0.2, 0.25) is 11.8 Å². The van der Waals surface area contributed by atoms with E-state index in [1.165, 1.54) is 14.2 Å². The molecule has 0 bridgehead atoms. The third-order valence-corrected chi connectivity index (χ3v) is 12.7. The largest absolute Gasteiger partial charge is 0.453 e. The van der Waals surface area contributed by atoms with Gasteiger partial charge in [0, 0.05) is 31.9 Å². The number of ether oxygens (including phenoxy) is 3. The van der Waals surface area contributed by atoms with Gasteiger partial charge in [-0.1, -0.05) is 62.4 Å². The first-order valence-corrected chi connectivity index (χ1v) is 21.5. The Kier molecular flexibility index (Phi) is 12.6. The molecule has 3 fully saturated rings. The molecule has 322 valence electrons. The van der Waals surface area contributed by atoms with Crippen LogP contribution in [0.25, 0.3) is 33.2 Å². The van der Waals surface area contributed by atoms with E-state index in [4.69, 9.17) is 24.2 Å². The van der Waals surface area contributed by atoms with Gasteiger partial charge >= 0.3 is 12.2 Å². The molecule has 0 saturated carbocycles. The summed E-state index contributed by atoms with van der Waals surface area (Å²) in [6, 6.07) is 19.7. The average Bonchev–Trinajstić information content (AvgIpc) is 4.14. The van der Waals surface area contributed by atoms with E-state index in [1.807, 2.05) is 29.8 Å². The number of methoxy groups -OCH3 is 2. The van der Waals surface area contributed by atoms with Crippen molar-refractivity contribution in [3.8, 4) is 22.4 Å². The molecule has 15 nitrogen and oxygen atoms in total. The summed E-state index contributed by atoms with van der Waals surface area (Å²) in [5.41, 5.74) is 5.21. The van der Waals surface area contributed by atoms with Gasteiger partial charge in [-0.2, -0.15) is 0 Å². The van der Waals surface area contributed by atoms with Gasteiger partial charge in [-0.25, -0.2) is 14.6 Å². The minimum absolute atomic E-state index is 0.00290. The lowest BCUT2D eigenvalue weighted by Crippen LogP contribution is -2.56. The standard InChI is InChI=1S/C46H56N8O7/c1-27(2)39(51-45(57)59-3)43(55)53-19-5-7-37(53)42-48-26-36(50-42)34-16-15-32-23-31(13-14-33(32)24-34)28-9-11-29(12-10-28)35-25-47-41(49-35)38-8-6-20-54(38)44(56)40(52-46(58)60-4)30-17-21-61-22-18-30/h9-16,23-24,26-27,30,35,37-40H,5-8,17-22,25H2,1-4H3,(H,47,49)(H,48,50)(H,51,57)(H,52,58)/t35?,37?,38?,39-,40+/m0/s1. The van der Waals surface area contributed by atoms with E-state index in [0.717, 1.165) is 76.1 Å². The Morgan fingerprint density at radius 1 is 0.770 bits per heavy atom. The summed E-state index contributed by atoms with van der Waals surface area (Å²) in [6.45, 7) is 6.74. The highest BCUT2D eigenvalue weighted by Crippen LogP contribution is 2.35. The molecular formula is C46H56N8O7. The number of nitrogens with one attached hydrogen (secondary N) is 4. The molecule has 4 N–H and O–H groups in total. The SMILES string of the molecule is COC(=O)N[C@H](C(=O)N1CCCC1c1ncc(-c2ccc3cc(-c4ccc(C5CN=C(C6CCCN6C(=O)[C@H](NC(=O)OC)C6CCOCC6)N5)cc4)ccc3c2)[nH]1)C(C)C. The number of amides is 4. The molecule has 3 unspecified atom stereocenters. The number of aromatic nitrogens is 2. The van der Waals surface area contributed by atoms with Crippen LogP contribution >= 0.6 is 0 Å². The Labute approximate surface area is 356 Å². The monoisotopic (exact) mass is 832 g/mol. The lowest BCUT2D eigenvalue weighted by molar-refractivity contribution is -0.136. The smallest absolute Gasteiger partial charge is 0.407 e. The Morgan fingerprint density at radius 3 is 2.08 bits per heavy atom. The number of H-pyrrole nitrogens is 1. The van der Waals surface area contributed by atoms with Crippen LogP contribution in [0.3, 0.4) is 0 Å². The molecule has 1 aromatic heterocycles. The van der Waals surface area contributed by atoms with Crippen LogP contribution in [0.2, 0.25) is 0 Å². The van der Waals surface area contributed by atoms with E-state index >= 15 is 0 Å². The Balaban J connectivity index is 0.905. The number of aromatic amines is 1. The zero-order valence-electron chi connectivity index (χ0n) is 35.3. The molecule has 3 aromatic carbocycles. The summed E-state index contributed by atoms with van der Waals surface area (Å²) in [7, 11) is 2.61. The highest BCUT2D eigenvalue weighted by molar-refractivity contribution is 5.96. The van der Waals surface area contributed by atoms with Crippen molar-refractivity contribution in [1.29, 1.82) is 0 Å². The van der Waals surface area contributed by atoms with Gasteiger partial charge in [0.15, 0.2) is 0 Å². The molecule has 4 aliphatic rings. The normalized spacial score (nSPS) is 21.5. The van der Waals surface area contributed by atoms with Gasteiger partial charge in [0.1, 0.15) is 23.7 Å². The van der Waals surface area contributed by atoms with Gasteiger partial charge in [0.05, 0.1) is 50.8 Å². The molecule has 5 atom stereocenters. The Hall–Kier alpha value is -5.96. The highest BCUT2D eigenvalue weighted by Gasteiger charge is 2.42. The number of rotatable bonds is 11. The van der Waals surface area contributed by atoms with Crippen molar-refractivity contribution >= 4 is 40.6 Å². The zero-order chi connectivity index (χ0) is 42.6. The van der Waals surface area contributed by atoms with E-state index in [1.54, 1.807) is 0 Å². The molecule has 0 radical (unpaired) electrons. The first-order valence-electron chi connectivity index (χ1n) is 21.5. The average molecular weight is 833 g/mol. The summed E-state index contributed by atoms with van der Waals surface area (Å²) >= 11 is 0. The van der Waals surface area contributed by atoms with Gasteiger partial charge in [-0.15, -0.1) is 0 Å². The molecule has 61 heavy (non-hydrogen) atoms. The number of aliphatic imine (C=N–C) groups is 1. The molecule has 4 aliphatic heterocycles. The van der Waals surface area contributed by atoms with Crippen LogP contribution in [0.15, 0.2) is 71.9 Å². The van der Waals surface area contributed by atoms with E-state index in [2.05, 4.69) is 81.6 Å². The second-order valence-corrected chi connectivity index (χ2v) is 16.8. The Bertz CT molecular complexity index is 2270. The van der Waals surface area contributed by atoms with Gasteiger partial charge < -0.3 is 44.9 Å². The van der Waals surface area contributed by atoms with Crippen molar-refractivity contribution in [3.05, 3.63) is 78.2 Å². The van der Waals surface area contributed by atoms with Crippen LogP contribution < -0.4 is 16.0 Å². The summed E-state index contributed by atoms with van der Waals surface area (Å²) in [4.78, 5) is 68.7. The van der Waals surface area contributed by atoms with Crippen LogP contribution in [0.5, 0.6) is 0 Å². The van der Waals surface area contributed by atoms with Crippen LogP contribution in [0, 0.1) is 11.8 Å². The minimum Gasteiger partial charge on any atom is -0.453 e. The fraction of sp³-hybridized carbons (Fsp3) is 0.478. The maximum Gasteiger partial charge on any atom is 0.407 e. The number of hydrogen-bond donors (Lipinski definition) is 4. The van der Waals surface area contributed by atoms with Crippen LogP contribution in [0.4, 0.5) is 9.59 Å². The first-order chi connectivity index (χ1) is 29.6. The van der Waals surface area contributed by atoms with Gasteiger partial charge in [-0.05, 0) is 90.0 Å². The molecular weight excluding hydrogens is 777 g/mol. The quantitative estimate of drug-likeness (QED) is 0.138. The second kappa shape index (κ2) is 18.3. The summed E-state index contributed by atoms with van der Waals surface area (Å²) in [5.74, 6) is 1.21. The number of alkyl carbamates (subject to hydrolysis) is 2. The van der Waals surface area contributed by atoms with Crippen molar-refractivity contribution < 1.29 is 33.4 Å². The third kappa shape index (κ3) is 8.93. The molecule has 4 amide bonds. The highest BCUT2D eigenvalue weighted by atomic mass is 16.5. The second-order valence-electron chi connectivity index (χ2n) is 16.8. The molecule has 3 saturated heterocycles. The van der Waals surface area contributed by atoms with Crippen molar-refractivity contribution in [2.75, 3.05) is 47.1 Å². The number of imidazole rings is 1. The molecule has 4 aromatic rings. The van der Waals surface area contributed by atoms with Gasteiger partial charge in [-0.3, -0.25) is 14.6 Å². The fourth-order valence-electron chi connectivity index (χ4n) is 9.31. The number of carbonyl (C=O) groups excluding carboxylic acids is 4. The van der Waals surface area contributed by atoms with E-state index in [-0.39, 0.29) is 41.8 Å². The summed E-state index contributed by atoms with van der Waals surface area (Å²) in [5, 5.41) is 11.4. The predicted octanol–water partition coefficient (Wildman–Crippen LogP) is 6.13. The molecule has 5 heterocycles. The number of nitrogens with zero attached hydrogens (tertiary/aromatic N) is 4. The number of benzene rings is 3. The van der Waals surface area contributed by atoms with E-state index in [9.17, 15) is 19.2 Å². The van der Waals surface area contributed by atoms with Crippen LogP contribution in [-0.2, 0) is 23.8 Å². The minimum atomic E-state index is -0.687. The van der Waals surface area contributed by atoms with E-state index < -0.39 is 24.3 Å². The maximum atomic E-state index is 14.0. The van der Waals surface area contributed by atoms with Crippen LogP contribution in [0.1, 0.15) is 75.8 Å². The molecule has 0 aliphatic carbocycles. The number of hydrogen-bond acceptors (Lipinski definition) is 10. The third-order valence-electron chi connectivity index (χ3n) is 12.7. The predicted molar refractivity (Wildman–Crippen MR) is 231 cm³/mol. The van der Waals surface area contributed by atoms with Crippen molar-refractivity contribution in [1.82, 2.24) is 35.7 Å². The first kappa shape index (κ1) is 41.8. The number of likely N-dealkylation sites (tertiary alicyclic amines) is 2. The zero-order valence-corrected chi connectivity index (χ0v) is 35.3. The number of amidine groups is 1. The number of fused-ring (bicyclic) bond motifs is 1. The topological polar surface area (TPSA) is 180 Å². The summed E-state index contributed by atoms with van der Waals surface area (Å²) in [6.07, 6.45) is 5.33.